The molecule has 1 N–H and O–H groups in total. The molecular weight excluding hydrogens is 388 g/mol. The van der Waals surface area contributed by atoms with Crippen LogP contribution in [0.15, 0.2) is 0 Å². The highest BCUT2D eigenvalue weighted by molar-refractivity contribution is 7.17. The first-order valence-corrected chi connectivity index (χ1v) is 11.7. The van der Waals surface area contributed by atoms with E-state index < -0.39 is 5.97 Å². The second-order valence-corrected chi connectivity index (χ2v) is 9.62. The van der Waals surface area contributed by atoms with Crippen molar-refractivity contribution in [2.75, 3.05) is 18.5 Å². The van der Waals surface area contributed by atoms with E-state index in [0.29, 0.717) is 22.5 Å². The van der Waals surface area contributed by atoms with E-state index >= 15 is 0 Å². The number of ether oxygens (including phenoxy) is 1. The van der Waals surface area contributed by atoms with Crippen LogP contribution in [0, 0.1) is 5.92 Å². The first-order chi connectivity index (χ1) is 14.0. The Kier molecular flexibility index (Phi) is 6.23. The standard InChI is InChI=1S/C22H30N2O4S/c1-14(25)23-21-20(16-9-3-5-11-18(16)29-21)22(27)28-13-19(26)24-12-6-8-15-7-2-4-10-17(15)24/h15,17H,2-13H2,1H3,(H,23,25)/t15-,17-/m0/s1. The highest BCUT2D eigenvalue weighted by atomic mass is 32.1. The summed E-state index contributed by atoms with van der Waals surface area (Å²) in [6, 6.07) is 0.313. The Bertz CT molecular complexity index is 801. The minimum absolute atomic E-state index is 0.0832. The number of thiophene rings is 1. The molecule has 2 heterocycles. The molecule has 0 bridgehead atoms. The van der Waals surface area contributed by atoms with Gasteiger partial charge in [-0.2, -0.15) is 0 Å². The third-order valence-electron chi connectivity index (χ3n) is 6.56. The topological polar surface area (TPSA) is 75.7 Å². The minimum atomic E-state index is -0.487. The molecule has 3 aliphatic rings. The molecule has 0 aromatic carbocycles. The van der Waals surface area contributed by atoms with Crippen LogP contribution >= 0.6 is 11.3 Å². The average Bonchev–Trinajstić information content (AvgIpc) is 3.08. The molecule has 1 aromatic heterocycles. The number of anilines is 1. The lowest BCUT2D eigenvalue weighted by Crippen LogP contribution is -2.50. The molecule has 0 radical (unpaired) electrons. The summed E-state index contributed by atoms with van der Waals surface area (Å²) >= 11 is 1.47. The van der Waals surface area contributed by atoms with Crippen LogP contribution in [0.3, 0.4) is 0 Å². The predicted molar refractivity (Wildman–Crippen MR) is 112 cm³/mol. The van der Waals surface area contributed by atoms with Crippen LogP contribution in [-0.4, -0.2) is 41.9 Å². The Morgan fingerprint density at radius 2 is 1.83 bits per heavy atom. The number of hydrogen-bond donors (Lipinski definition) is 1. The zero-order valence-electron chi connectivity index (χ0n) is 17.1. The van der Waals surface area contributed by atoms with Crippen LogP contribution in [0.4, 0.5) is 5.00 Å². The Labute approximate surface area is 176 Å². The van der Waals surface area contributed by atoms with Crippen molar-refractivity contribution in [3.05, 3.63) is 16.0 Å². The molecule has 0 unspecified atom stereocenters. The molecule has 1 aromatic rings. The van der Waals surface area contributed by atoms with Crippen molar-refractivity contribution in [3.8, 4) is 0 Å². The summed E-state index contributed by atoms with van der Waals surface area (Å²) in [5.41, 5.74) is 1.45. The maximum absolute atomic E-state index is 12.9. The largest absolute Gasteiger partial charge is 0.452 e. The van der Waals surface area contributed by atoms with Crippen molar-refractivity contribution >= 4 is 34.1 Å². The van der Waals surface area contributed by atoms with Gasteiger partial charge in [0.05, 0.1) is 5.56 Å². The number of fused-ring (bicyclic) bond motifs is 2. The lowest BCUT2D eigenvalue weighted by Gasteiger charge is -2.44. The number of nitrogens with one attached hydrogen (secondary N) is 1. The van der Waals surface area contributed by atoms with Gasteiger partial charge in [-0.25, -0.2) is 4.79 Å². The van der Waals surface area contributed by atoms with E-state index in [1.807, 2.05) is 4.90 Å². The zero-order chi connectivity index (χ0) is 20.4. The van der Waals surface area contributed by atoms with Crippen LogP contribution in [0.25, 0.3) is 0 Å². The van der Waals surface area contributed by atoms with Gasteiger partial charge in [-0.3, -0.25) is 9.59 Å². The quantitative estimate of drug-likeness (QED) is 0.752. The van der Waals surface area contributed by atoms with Crippen molar-refractivity contribution in [1.29, 1.82) is 0 Å². The van der Waals surface area contributed by atoms with Crippen LogP contribution in [0.5, 0.6) is 0 Å². The smallest absolute Gasteiger partial charge is 0.341 e. The van der Waals surface area contributed by atoms with E-state index in [-0.39, 0.29) is 18.4 Å². The van der Waals surface area contributed by atoms with E-state index in [1.165, 1.54) is 43.9 Å². The fraction of sp³-hybridized carbons (Fsp3) is 0.682. The van der Waals surface area contributed by atoms with Gasteiger partial charge < -0.3 is 15.0 Å². The van der Waals surface area contributed by atoms with Gasteiger partial charge in [-0.15, -0.1) is 11.3 Å². The monoisotopic (exact) mass is 418 g/mol. The highest BCUT2D eigenvalue weighted by Crippen LogP contribution is 2.39. The molecular formula is C22H30N2O4S. The number of piperidine rings is 1. The second-order valence-electron chi connectivity index (χ2n) is 8.51. The summed E-state index contributed by atoms with van der Waals surface area (Å²) in [5, 5.41) is 3.35. The third kappa shape index (κ3) is 4.34. The molecule has 2 atom stereocenters. The SMILES string of the molecule is CC(=O)Nc1sc2c(c1C(=O)OCC(=O)N1CCC[C@@H]3CCCC[C@@H]31)CCCC2. The Balaban J connectivity index is 1.45. The fourth-order valence-electron chi connectivity index (χ4n) is 5.25. The summed E-state index contributed by atoms with van der Waals surface area (Å²) in [6.45, 7) is 1.99. The summed E-state index contributed by atoms with van der Waals surface area (Å²) in [7, 11) is 0. The predicted octanol–water partition coefficient (Wildman–Crippen LogP) is 3.92. The summed E-state index contributed by atoms with van der Waals surface area (Å²) in [6.07, 6.45) is 10.8. The first kappa shape index (κ1) is 20.4. The summed E-state index contributed by atoms with van der Waals surface area (Å²) in [4.78, 5) is 40.5. The maximum Gasteiger partial charge on any atom is 0.341 e. The lowest BCUT2D eigenvalue weighted by molar-refractivity contribution is -0.140. The summed E-state index contributed by atoms with van der Waals surface area (Å²) < 4.78 is 5.49. The second kappa shape index (κ2) is 8.86. The van der Waals surface area contributed by atoms with E-state index in [4.69, 9.17) is 4.74 Å². The zero-order valence-corrected chi connectivity index (χ0v) is 17.9. The van der Waals surface area contributed by atoms with Gasteiger partial charge in [-0.1, -0.05) is 12.8 Å². The molecule has 1 saturated heterocycles. The number of nitrogens with zero attached hydrogens (tertiary/aromatic N) is 1. The number of amides is 2. The minimum Gasteiger partial charge on any atom is -0.452 e. The Morgan fingerprint density at radius 1 is 1.07 bits per heavy atom. The van der Waals surface area contributed by atoms with E-state index in [9.17, 15) is 14.4 Å². The third-order valence-corrected chi connectivity index (χ3v) is 7.76. The maximum atomic E-state index is 12.9. The molecule has 2 fully saturated rings. The van der Waals surface area contributed by atoms with Crippen LogP contribution in [-0.2, 0) is 27.2 Å². The molecule has 4 rings (SSSR count). The van der Waals surface area contributed by atoms with Gasteiger partial charge in [0.2, 0.25) is 5.91 Å². The van der Waals surface area contributed by atoms with Gasteiger partial charge >= 0.3 is 5.97 Å². The molecule has 1 aliphatic heterocycles. The number of carbonyl (C=O) groups is 3. The molecule has 2 aliphatic carbocycles. The lowest BCUT2D eigenvalue weighted by atomic mass is 9.78. The van der Waals surface area contributed by atoms with Gasteiger partial charge in [0.15, 0.2) is 6.61 Å². The highest BCUT2D eigenvalue weighted by Gasteiger charge is 2.36. The van der Waals surface area contributed by atoms with Crippen LogP contribution < -0.4 is 5.32 Å². The number of aryl methyl sites for hydroxylation is 1. The molecule has 7 heteroatoms. The van der Waals surface area contributed by atoms with Crippen LogP contribution in [0.1, 0.15) is 79.1 Å². The van der Waals surface area contributed by atoms with Gasteiger partial charge in [0.25, 0.3) is 5.91 Å². The number of hydrogen-bond acceptors (Lipinski definition) is 5. The van der Waals surface area contributed by atoms with E-state index in [0.717, 1.165) is 55.5 Å². The van der Waals surface area contributed by atoms with Crippen LogP contribution in [0.2, 0.25) is 0 Å². The van der Waals surface area contributed by atoms with Crippen molar-refractivity contribution in [3.63, 3.8) is 0 Å². The van der Waals surface area contributed by atoms with Gasteiger partial charge in [-0.05, 0) is 62.8 Å². The Morgan fingerprint density at radius 3 is 2.66 bits per heavy atom. The molecule has 29 heavy (non-hydrogen) atoms. The first-order valence-electron chi connectivity index (χ1n) is 10.9. The molecule has 1 saturated carbocycles. The van der Waals surface area contributed by atoms with Gasteiger partial charge in [0, 0.05) is 24.4 Å². The van der Waals surface area contributed by atoms with E-state index in [1.54, 1.807) is 0 Å². The average molecular weight is 419 g/mol. The fourth-order valence-corrected chi connectivity index (χ4v) is 6.57. The van der Waals surface area contributed by atoms with Crippen molar-refractivity contribution < 1.29 is 19.1 Å². The van der Waals surface area contributed by atoms with Crippen molar-refractivity contribution in [2.45, 2.75) is 77.2 Å². The number of rotatable bonds is 4. The molecule has 158 valence electrons. The van der Waals surface area contributed by atoms with Gasteiger partial charge in [0.1, 0.15) is 5.00 Å². The summed E-state index contributed by atoms with van der Waals surface area (Å²) in [5.74, 6) is -0.170. The normalized spacial score (nSPS) is 23.7. The Hall–Kier alpha value is -1.89. The molecule has 6 nitrogen and oxygen atoms in total. The number of carbonyl (C=O) groups excluding carboxylic acids is 3. The number of likely N-dealkylation sites (tertiary alicyclic amines) is 1. The molecule has 2 amide bonds. The van der Waals surface area contributed by atoms with Crippen molar-refractivity contribution in [2.24, 2.45) is 5.92 Å². The van der Waals surface area contributed by atoms with E-state index in [2.05, 4.69) is 5.32 Å². The molecule has 0 spiro atoms. The number of esters is 1. The van der Waals surface area contributed by atoms with Crippen molar-refractivity contribution in [1.82, 2.24) is 4.90 Å².